The first-order chi connectivity index (χ1) is 8.00. The lowest BCUT2D eigenvalue weighted by atomic mass is 9.96. The van der Waals surface area contributed by atoms with Crippen molar-refractivity contribution in [3.63, 3.8) is 0 Å². The fourth-order valence-electron chi connectivity index (χ4n) is 2.28. The van der Waals surface area contributed by atoms with Gasteiger partial charge in [0.25, 0.3) is 0 Å². The molecule has 0 radical (unpaired) electrons. The molecule has 1 aliphatic carbocycles. The summed E-state index contributed by atoms with van der Waals surface area (Å²) in [6.07, 6.45) is 2.87. The van der Waals surface area contributed by atoms with E-state index in [0.717, 1.165) is 12.8 Å². The van der Waals surface area contributed by atoms with Gasteiger partial charge < -0.3 is 5.73 Å². The molecule has 2 N–H and O–H groups in total. The van der Waals surface area contributed by atoms with Gasteiger partial charge in [0, 0.05) is 6.04 Å². The molecule has 94 valence electrons. The summed E-state index contributed by atoms with van der Waals surface area (Å²) in [6.45, 7) is 0. The van der Waals surface area contributed by atoms with E-state index in [1.165, 1.54) is 24.3 Å². The van der Waals surface area contributed by atoms with Crippen molar-refractivity contribution < 1.29 is 12.8 Å². The van der Waals surface area contributed by atoms with Crippen molar-refractivity contribution in [3.05, 3.63) is 30.1 Å². The third-order valence-electron chi connectivity index (χ3n) is 3.25. The second kappa shape index (κ2) is 4.74. The van der Waals surface area contributed by atoms with E-state index in [9.17, 15) is 12.8 Å². The normalized spacial score (nSPS) is 25.8. The highest BCUT2D eigenvalue weighted by Crippen LogP contribution is 2.28. The molecule has 1 fully saturated rings. The van der Waals surface area contributed by atoms with Gasteiger partial charge >= 0.3 is 0 Å². The van der Waals surface area contributed by atoms with E-state index in [1.807, 2.05) is 0 Å². The van der Waals surface area contributed by atoms with E-state index >= 15 is 0 Å². The Morgan fingerprint density at radius 2 is 1.82 bits per heavy atom. The number of halogens is 1. The molecule has 3 nitrogen and oxygen atoms in total. The first-order valence-corrected chi connectivity index (χ1v) is 7.30. The molecular weight excluding hydrogens is 241 g/mol. The third-order valence-corrected chi connectivity index (χ3v) is 5.48. The topological polar surface area (TPSA) is 60.2 Å². The standard InChI is InChI=1S/C12H16FNO2S/c13-9-4-6-11(7-5-9)17(15,16)12-3-1-2-10(14)8-12/h4-7,10,12H,1-3,8,14H2. The minimum Gasteiger partial charge on any atom is -0.328 e. The molecule has 17 heavy (non-hydrogen) atoms. The molecule has 1 saturated carbocycles. The van der Waals surface area contributed by atoms with Gasteiger partial charge in [-0.05, 0) is 43.5 Å². The molecule has 0 amide bonds. The van der Waals surface area contributed by atoms with Crippen molar-refractivity contribution >= 4 is 9.84 Å². The van der Waals surface area contributed by atoms with Crippen molar-refractivity contribution in [3.8, 4) is 0 Å². The molecule has 0 aliphatic heterocycles. The predicted octanol–water partition coefficient (Wildman–Crippen LogP) is 1.87. The van der Waals surface area contributed by atoms with Crippen LogP contribution in [0.5, 0.6) is 0 Å². The van der Waals surface area contributed by atoms with Crippen molar-refractivity contribution in [1.82, 2.24) is 0 Å². The Morgan fingerprint density at radius 1 is 1.18 bits per heavy atom. The van der Waals surface area contributed by atoms with Crippen molar-refractivity contribution in [1.29, 1.82) is 0 Å². The van der Waals surface area contributed by atoms with Crippen LogP contribution in [-0.2, 0) is 9.84 Å². The Labute approximate surface area is 101 Å². The first-order valence-electron chi connectivity index (χ1n) is 5.75. The summed E-state index contributed by atoms with van der Waals surface area (Å²) in [7, 11) is -3.36. The number of nitrogens with two attached hydrogens (primary N) is 1. The lowest BCUT2D eigenvalue weighted by Crippen LogP contribution is -2.35. The minimum atomic E-state index is -3.36. The Bertz CT molecular complexity index is 484. The van der Waals surface area contributed by atoms with Gasteiger partial charge in [-0.15, -0.1) is 0 Å². The van der Waals surface area contributed by atoms with Gasteiger partial charge in [0.2, 0.25) is 0 Å². The van der Waals surface area contributed by atoms with Gasteiger partial charge in [-0.25, -0.2) is 12.8 Å². The molecule has 0 spiro atoms. The quantitative estimate of drug-likeness (QED) is 0.823. The third kappa shape index (κ3) is 2.66. The molecule has 5 heteroatoms. The molecule has 1 aromatic carbocycles. The zero-order valence-corrected chi connectivity index (χ0v) is 10.3. The van der Waals surface area contributed by atoms with Gasteiger partial charge in [-0.2, -0.15) is 0 Å². The van der Waals surface area contributed by atoms with Crippen LogP contribution in [0.25, 0.3) is 0 Å². The van der Waals surface area contributed by atoms with Gasteiger partial charge in [-0.3, -0.25) is 0 Å². The highest BCUT2D eigenvalue weighted by Gasteiger charge is 2.31. The van der Waals surface area contributed by atoms with Gasteiger partial charge in [0.05, 0.1) is 10.1 Å². The van der Waals surface area contributed by atoms with Crippen LogP contribution in [0.3, 0.4) is 0 Å². The molecule has 0 aromatic heterocycles. The second-order valence-electron chi connectivity index (χ2n) is 4.55. The molecule has 0 bridgehead atoms. The molecule has 2 atom stereocenters. The SMILES string of the molecule is NC1CCCC(S(=O)(=O)c2ccc(F)cc2)C1. The van der Waals surface area contributed by atoms with E-state index in [2.05, 4.69) is 0 Å². The van der Waals surface area contributed by atoms with E-state index in [4.69, 9.17) is 5.73 Å². The maximum Gasteiger partial charge on any atom is 0.181 e. The second-order valence-corrected chi connectivity index (χ2v) is 6.78. The van der Waals surface area contributed by atoms with Gasteiger partial charge in [0.15, 0.2) is 9.84 Å². The monoisotopic (exact) mass is 257 g/mol. The number of benzene rings is 1. The Morgan fingerprint density at radius 3 is 2.41 bits per heavy atom. The summed E-state index contributed by atoms with van der Waals surface area (Å²) in [6, 6.07) is 4.96. The van der Waals surface area contributed by atoms with Crippen LogP contribution in [-0.4, -0.2) is 19.7 Å². The van der Waals surface area contributed by atoms with E-state index < -0.39 is 20.9 Å². The van der Waals surface area contributed by atoms with Crippen LogP contribution in [0.4, 0.5) is 4.39 Å². The number of hydrogen-bond acceptors (Lipinski definition) is 3. The van der Waals surface area contributed by atoms with Gasteiger partial charge in [-0.1, -0.05) is 6.42 Å². The lowest BCUT2D eigenvalue weighted by Gasteiger charge is -2.26. The largest absolute Gasteiger partial charge is 0.328 e. The molecular formula is C12H16FNO2S. The van der Waals surface area contributed by atoms with Crippen LogP contribution in [0.2, 0.25) is 0 Å². The first kappa shape index (κ1) is 12.5. The predicted molar refractivity (Wildman–Crippen MR) is 63.8 cm³/mol. The summed E-state index contributed by atoms with van der Waals surface area (Å²) in [4.78, 5) is 0.193. The molecule has 0 heterocycles. The summed E-state index contributed by atoms with van der Waals surface area (Å²) in [5.74, 6) is -0.427. The summed E-state index contributed by atoms with van der Waals surface area (Å²) in [5.41, 5.74) is 5.80. The number of rotatable bonds is 2. The fourth-order valence-corrected chi connectivity index (χ4v) is 4.16. The minimum absolute atomic E-state index is 0.0380. The van der Waals surface area contributed by atoms with E-state index in [1.54, 1.807) is 0 Å². The highest BCUT2D eigenvalue weighted by atomic mass is 32.2. The van der Waals surface area contributed by atoms with E-state index in [-0.39, 0.29) is 10.9 Å². The maximum atomic E-state index is 12.8. The number of hydrogen-bond donors (Lipinski definition) is 1. The molecule has 0 saturated heterocycles. The van der Waals surface area contributed by atoms with Crippen LogP contribution in [0.1, 0.15) is 25.7 Å². The Hall–Kier alpha value is -0.940. The van der Waals surface area contributed by atoms with Crippen LogP contribution < -0.4 is 5.73 Å². The highest BCUT2D eigenvalue weighted by molar-refractivity contribution is 7.92. The summed E-state index contributed by atoms with van der Waals surface area (Å²) < 4.78 is 37.3. The van der Waals surface area contributed by atoms with Gasteiger partial charge in [0.1, 0.15) is 5.82 Å². The van der Waals surface area contributed by atoms with Crippen molar-refractivity contribution in [2.45, 2.75) is 41.9 Å². The number of sulfone groups is 1. The maximum absolute atomic E-state index is 12.8. The Balaban J connectivity index is 2.26. The molecule has 1 aliphatic rings. The summed E-state index contributed by atoms with van der Waals surface area (Å²) in [5, 5.41) is -0.420. The zero-order chi connectivity index (χ0) is 12.5. The average molecular weight is 257 g/mol. The molecule has 2 rings (SSSR count). The smallest absolute Gasteiger partial charge is 0.181 e. The summed E-state index contributed by atoms with van der Waals surface area (Å²) >= 11 is 0. The fraction of sp³-hybridized carbons (Fsp3) is 0.500. The molecule has 1 aromatic rings. The zero-order valence-electron chi connectivity index (χ0n) is 9.47. The van der Waals surface area contributed by atoms with Crippen molar-refractivity contribution in [2.75, 3.05) is 0 Å². The lowest BCUT2D eigenvalue weighted by molar-refractivity contribution is 0.433. The Kier molecular flexibility index (Phi) is 3.49. The van der Waals surface area contributed by atoms with Crippen LogP contribution >= 0.6 is 0 Å². The van der Waals surface area contributed by atoms with Crippen LogP contribution in [0, 0.1) is 5.82 Å². The molecule has 2 unspecified atom stereocenters. The van der Waals surface area contributed by atoms with Crippen molar-refractivity contribution in [2.24, 2.45) is 5.73 Å². The average Bonchev–Trinajstić information content (AvgIpc) is 2.29. The van der Waals surface area contributed by atoms with E-state index in [0.29, 0.717) is 12.8 Å². The van der Waals surface area contributed by atoms with Crippen LogP contribution in [0.15, 0.2) is 29.2 Å².